The summed E-state index contributed by atoms with van der Waals surface area (Å²) in [6, 6.07) is -0.500. The number of aryl methyl sites for hydroxylation is 1. The van der Waals surface area contributed by atoms with E-state index in [0.717, 1.165) is 5.41 Å². The van der Waals surface area contributed by atoms with E-state index >= 15 is 0 Å². The van der Waals surface area contributed by atoms with E-state index in [1.807, 2.05) is 14.1 Å². The molecule has 1 atom stereocenters. The molecule has 0 aliphatic carbocycles. The molecule has 2 rings (SSSR count). The number of hydrogen-bond acceptors (Lipinski definition) is 6. The van der Waals surface area contributed by atoms with Crippen molar-refractivity contribution in [2.24, 2.45) is 0 Å². The standard InChI is InChI=1S/C12H16N4O3S/c1-8-10(6-13-12(14-8)16(2)3)11(17)15-9-4-5-20(18,19)7-9/h4-6,9H,7H2,1-3H3,(H,15,17). The summed E-state index contributed by atoms with van der Waals surface area (Å²) in [5, 5.41) is 3.76. The van der Waals surface area contributed by atoms with Crippen LogP contribution in [0.15, 0.2) is 17.7 Å². The van der Waals surface area contributed by atoms with Crippen LogP contribution < -0.4 is 10.2 Å². The highest BCUT2D eigenvalue weighted by atomic mass is 32.2. The maximum atomic E-state index is 12.1. The second kappa shape index (κ2) is 5.20. The van der Waals surface area contributed by atoms with Crippen molar-refractivity contribution in [3.05, 3.63) is 28.9 Å². The topological polar surface area (TPSA) is 92.3 Å². The highest BCUT2D eigenvalue weighted by molar-refractivity contribution is 7.94. The molecule has 0 saturated heterocycles. The minimum atomic E-state index is -3.18. The van der Waals surface area contributed by atoms with Gasteiger partial charge in [-0.1, -0.05) is 0 Å². The minimum absolute atomic E-state index is 0.103. The molecule has 1 amide bonds. The number of hydrogen-bond donors (Lipinski definition) is 1. The Bertz CT molecular complexity index is 667. The molecule has 8 heteroatoms. The van der Waals surface area contributed by atoms with Crippen molar-refractivity contribution in [2.75, 3.05) is 24.7 Å². The first-order valence-electron chi connectivity index (χ1n) is 6.01. The van der Waals surface area contributed by atoms with Gasteiger partial charge in [0.2, 0.25) is 5.95 Å². The van der Waals surface area contributed by atoms with Crippen LogP contribution in [0.4, 0.5) is 5.95 Å². The van der Waals surface area contributed by atoms with Crippen molar-refractivity contribution >= 4 is 21.7 Å². The van der Waals surface area contributed by atoms with E-state index in [0.29, 0.717) is 17.2 Å². The first kappa shape index (κ1) is 14.4. The summed E-state index contributed by atoms with van der Waals surface area (Å²) in [5.41, 5.74) is 0.888. The van der Waals surface area contributed by atoms with Gasteiger partial charge in [0, 0.05) is 25.7 Å². The summed E-state index contributed by atoms with van der Waals surface area (Å²) >= 11 is 0. The average Bonchev–Trinajstić information content (AvgIpc) is 2.68. The van der Waals surface area contributed by atoms with E-state index in [1.54, 1.807) is 11.8 Å². The van der Waals surface area contributed by atoms with E-state index in [1.165, 1.54) is 12.3 Å². The van der Waals surface area contributed by atoms with Crippen molar-refractivity contribution < 1.29 is 13.2 Å². The van der Waals surface area contributed by atoms with Crippen LogP contribution in [0.25, 0.3) is 0 Å². The number of anilines is 1. The molecule has 1 N–H and O–H groups in total. The quantitative estimate of drug-likeness (QED) is 0.837. The lowest BCUT2D eigenvalue weighted by molar-refractivity contribution is 0.0946. The summed E-state index contributed by atoms with van der Waals surface area (Å²) in [6.07, 6.45) is 2.91. The lowest BCUT2D eigenvalue weighted by Gasteiger charge is -2.14. The van der Waals surface area contributed by atoms with Gasteiger partial charge in [0.25, 0.3) is 5.91 Å². The van der Waals surface area contributed by atoms with Gasteiger partial charge in [0.15, 0.2) is 9.84 Å². The zero-order chi connectivity index (χ0) is 14.9. The molecule has 20 heavy (non-hydrogen) atoms. The van der Waals surface area contributed by atoms with E-state index in [9.17, 15) is 13.2 Å². The van der Waals surface area contributed by atoms with Gasteiger partial charge in [-0.3, -0.25) is 4.79 Å². The van der Waals surface area contributed by atoms with E-state index in [4.69, 9.17) is 0 Å². The number of amides is 1. The molecular weight excluding hydrogens is 280 g/mol. The second-order valence-electron chi connectivity index (χ2n) is 4.80. The number of aromatic nitrogens is 2. The number of sulfone groups is 1. The molecule has 1 aliphatic rings. The Kier molecular flexibility index (Phi) is 3.76. The first-order chi connectivity index (χ1) is 9.28. The van der Waals surface area contributed by atoms with Gasteiger partial charge < -0.3 is 10.2 Å². The number of nitrogens with zero attached hydrogens (tertiary/aromatic N) is 3. The molecule has 1 aromatic rings. The Morgan fingerprint density at radius 1 is 1.45 bits per heavy atom. The van der Waals surface area contributed by atoms with Gasteiger partial charge in [-0.05, 0) is 13.0 Å². The van der Waals surface area contributed by atoms with Crippen LogP contribution in [0.1, 0.15) is 16.1 Å². The summed E-state index contributed by atoms with van der Waals surface area (Å²) < 4.78 is 22.6. The highest BCUT2D eigenvalue weighted by Crippen LogP contribution is 2.12. The monoisotopic (exact) mass is 296 g/mol. The second-order valence-corrected chi connectivity index (χ2v) is 6.73. The molecule has 0 aromatic carbocycles. The van der Waals surface area contributed by atoms with Crippen LogP contribution in [0.5, 0.6) is 0 Å². The number of nitrogens with one attached hydrogen (secondary N) is 1. The van der Waals surface area contributed by atoms with Crippen LogP contribution in [-0.2, 0) is 9.84 Å². The molecule has 7 nitrogen and oxygen atoms in total. The zero-order valence-corrected chi connectivity index (χ0v) is 12.3. The van der Waals surface area contributed by atoms with Crippen molar-refractivity contribution in [1.29, 1.82) is 0 Å². The van der Waals surface area contributed by atoms with Crippen molar-refractivity contribution in [1.82, 2.24) is 15.3 Å². The first-order valence-corrected chi connectivity index (χ1v) is 7.73. The van der Waals surface area contributed by atoms with Gasteiger partial charge in [0.05, 0.1) is 23.1 Å². The summed E-state index contributed by atoms with van der Waals surface area (Å²) in [7, 11) is 0.432. The molecule has 1 aliphatic heterocycles. The molecule has 2 heterocycles. The van der Waals surface area contributed by atoms with Crippen molar-refractivity contribution in [3.8, 4) is 0 Å². The predicted octanol–water partition coefficient (Wildman–Crippen LogP) is -0.108. The van der Waals surface area contributed by atoms with Gasteiger partial charge in [-0.15, -0.1) is 0 Å². The van der Waals surface area contributed by atoms with Crippen LogP contribution in [0, 0.1) is 6.92 Å². The molecule has 0 saturated carbocycles. The highest BCUT2D eigenvalue weighted by Gasteiger charge is 2.24. The van der Waals surface area contributed by atoms with Gasteiger partial charge in [0.1, 0.15) is 0 Å². The zero-order valence-electron chi connectivity index (χ0n) is 11.5. The Hall–Kier alpha value is -1.96. The Morgan fingerprint density at radius 2 is 2.15 bits per heavy atom. The molecule has 0 fully saturated rings. The van der Waals surface area contributed by atoms with Gasteiger partial charge >= 0.3 is 0 Å². The largest absolute Gasteiger partial charge is 0.347 e. The van der Waals surface area contributed by atoms with E-state index < -0.39 is 15.9 Å². The fourth-order valence-corrected chi connectivity index (χ4v) is 3.04. The summed E-state index contributed by atoms with van der Waals surface area (Å²) in [5.74, 6) is 0.0379. The Labute approximate surface area is 117 Å². The normalized spacial score (nSPS) is 19.9. The Balaban J connectivity index is 2.13. The third-order valence-corrected chi connectivity index (χ3v) is 4.25. The number of carbonyl (C=O) groups is 1. The SMILES string of the molecule is Cc1nc(N(C)C)ncc1C(=O)NC1C=CS(=O)(=O)C1. The third-order valence-electron chi connectivity index (χ3n) is 2.86. The fourth-order valence-electron chi connectivity index (χ4n) is 1.81. The number of carbonyl (C=O) groups excluding carboxylic acids is 1. The maximum absolute atomic E-state index is 12.1. The van der Waals surface area contributed by atoms with E-state index in [-0.39, 0.29) is 11.7 Å². The fraction of sp³-hybridized carbons (Fsp3) is 0.417. The molecule has 108 valence electrons. The predicted molar refractivity (Wildman–Crippen MR) is 75.3 cm³/mol. The molecule has 0 radical (unpaired) electrons. The summed E-state index contributed by atoms with van der Waals surface area (Å²) in [6.45, 7) is 1.71. The van der Waals surface area contributed by atoms with E-state index in [2.05, 4.69) is 15.3 Å². The molecule has 1 aromatic heterocycles. The Morgan fingerprint density at radius 3 is 2.65 bits per heavy atom. The van der Waals surface area contributed by atoms with Crippen LogP contribution >= 0.6 is 0 Å². The molecule has 1 unspecified atom stereocenters. The summed E-state index contributed by atoms with van der Waals surface area (Å²) in [4.78, 5) is 22.1. The molecule has 0 bridgehead atoms. The van der Waals surface area contributed by atoms with Crippen LogP contribution in [0.3, 0.4) is 0 Å². The minimum Gasteiger partial charge on any atom is -0.347 e. The molecular formula is C12H16N4O3S. The van der Waals surface area contributed by atoms with Crippen molar-refractivity contribution in [2.45, 2.75) is 13.0 Å². The van der Waals surface area contributed by atoms with Crippen LogP contribution in [-0.4, -0.2) is 50.2 Å². The lowest BCUT2D eigenvalue weighted by Crippen LogP contribution is -2.36. The number of rotatable bonds is 3. The van der Waals surface area contributed by atoms with Crippen LogP contribution in [0.2, 0.25) is 0 Å². The smallest absolute Gasteiger partial charge is 0.255 e. The third kappa shape index (κ3) is 3.13. The maximum Gasteiger partial charge on any atom is 0.255 e. The van der Waals surface area contributed by atoms with Crippen molar-refractivity contribution in [3.63, 3.8) is 0 Å². The van der Waals surface area contributed by atoms with Gasteiger partial charge in [-0.25, -0.2) is 18.4 Å². The van der Waals surface area contributed by atoms with Gasteiger partial charge in [-0.2, -0.15) is 0 Å². The lowest BCUT2D eigenvalue weighted by atomic mass is 10.2. The molecule has 0 spiro atoms. The average molecular weight is 296 g/mol.